The molecule has 0 spiro atoms. The fraction of sp³-hybridized carbons (Fsp3) is 0.357. The third-order valence-corrected chi connectivity index (χ3v) is 3.32. The van der Waals surface area contributed by atoms with E-state index in [2.05, 4.69) is 15.5 Å². The van der Waals surface area contributed by atoms with Gasteiger partial charge in [-0.05, 0) is 25.3 Å². The van der Waals surface area contributed by atoms with E-state index < -0.39 is 6.04 Å². The lowest BCUT2D eigenvalue weighted by molar-refractivity contribution is -0.117. The van der Waals surface area contributed by atoms with Gasteiger partial charge < -0.3 is 10.2 Å². The van der Waals surface area contributed by atoms with Crippen molar-refractivity contribution in [2.75, 3.05) is 5.32 Å². The molecule has 1 saturated carbocycles. The maximum absolute atomic E-state index is 12.0. The van der Waals surface area contributed by atoms with Gasteiger partial charge in [-0.3, -0.25) is 10.1 Å². The van der Waals surface area contributed by atoms with E-state index in [-0.39, 0.29) is 11.9 Å². The molecule has 1 aromatic heterocycles. The molecule has 1 aliphatic carbocycles. The number of rotatable bonds is 4. The van der Waals surface area contributed by atoms with Crippen LogP contribution in [0.3, 0.4) is 0 Å². The highest BCUT2D eigenvalue weighted by molar-refractivity contribution is 5.93. The third-order valence-electron chi connectivity index (χ3n) is 3.32. The van der Waals surface area contributed by atoms with Crippen molar-refractivity contribution in [3.05, 3.63) is 41.3 Å². The van der Waals surface area contributed by atoms with Crippen molar-refractivity contribution < 1.29 is 9.21 Å². The topological polar surface area (TPSA) is 94.0 Å². The Kier molecular flexibility index (Phi) is 3.23. The molecule has 104 valence electrons. The van der Waals surface area contributed by atoms with Crippen molar-refractivity contribution in [1.82, 2.24) is 10.2 Å². The number of benzene rings is 1. The Labute approximate surface area is 116 Å². The third kappa shape index (κ3) is 2.70. The number of nitrogens with one attached hydrogen (secondary N) is 1. The lowest BCUT2D eigenvalue weighted by Gasteiger charge is -2.10. The van der Waals surface area contributed by atoms with E-state index in [1.54, 1.807) is 0 Å². The Morgan fingerprint density at radius 2 is 2.05 bits per heavy atom. The molecule has 0 radical (unpaired) electrons. The van der Waals surface area contributed by atoms with Crippen molar-refractivity contribution in [1.29, 1.82) is 0 Å². The first-order valence-electron chi connectivity index (χ1n) is 6.60. The number of nitrogens with two attached hydrogens (primary N) is 1. The molecule has 1 atom stereocenters. The first-order chi connectivity index (χ1) is 9.63. The smallest absolute Gasteiger partial charge is 0.322 e. The van der Waals surface area contributed by atoms with Gasteiger partial charge in [0, 0.05) is 5.92 Å². The zero-order valence-corrected chi connectivity index (χ0v) is 11.2. The van der Waals surface area contributed by atoms with Crippen LogP contribution in [0.1, 0.15) is 41.8 Å². The maximum atomic E-state index is 12.0. The lowest BCUT2D eigenvalue weighted by Crippen LogP contribution is -2.27. The molecule has 3 rings (SSSR count). The minimum atomic E-state index is -0.758. The lowest BCUT2D eigenvalue weighted by atomic mass is 10.1. The molecule has 1 aromatic carbocycles. The summed E-state index contributed by atoms with van der Waals surface area (Å²) in [5.74, 6) is 0.586. The molecule has 3 N–H and O–H groups in total. The predicted octanol–water partition coefficient (Wildman–Crippen LogP) is 1.89. The van der Waals surface area contributed by atoms with E-state index in [4.69, 9.17) is 10.2 Å². The summed E-state index contributed by atoms with van der Waals surface area (Å²) in [6.45, 7) is 1.98. The van der Waals surface area contributed by atoms with E-state index in [1.807, 2.05) is 31.2 Å². The highest BCUT2D eigenvalue weighted by atomic mass is 16.4. The van der Waals surface area contributed by atoms with Gasteiger partial charge in [0.2, 0.25) is 11.8 Å². The molecule has 1 heterocycles. The van der Waals surface area contributed by atoms with Gasteiger partial charge in [-0.1, -0.05) is 34.9 Å². The number of carbonyl (C=O) groups is 1. The second-order valence-electron chi connectivity index (χ2n) is 5.10. The predicted molar refractivity (Wildman–Crippen MR) is 73.0 cm³/mol. The average Bonchev–Trinajstić information content (AvgIpc) is 3.20. The molecule has 20 heavy (non-hydrogen) atoms. The summed E-state index contributed by atoms with van der Waals surface area (Å²) in [6.07, 6.45) is 2.14. The van der Waals surface area contributed by atoms with E-state index in [1.165, 1.54) is 0 Å². The van der Waals surface area contributed by atoms with Gasteiger partial charge in [-0.25, -0.2) is 0 Å². The van der Waals surface area contributed by atoms with E-state index >= 15 is 0 Å². The normalized spacial score (nSPS) is 15.9. The van der Waals surface area contributed by atoms with E-state index in [0.717, 1.165) is 24.0 Å². The summed E-state index contributed by atoms with van der Waals surface area (Å²) in [7, 11) is 0. The second kappa shape index (κ2) is 5.05. The first-order valence-corrected chi connectivity index (χ1v) is 6.60. The van der Waals surface area contributed by atoms with Crippen molar-refractivity contribution >= 4 is 11.9 Å². The fourth-order valence-electron chi connectivity index (χ4n) is 1.89. The standard InChI is InChI=1S/C14H16N4O2/c1-8-2-4-9(5-3-8)11(15)12(19)16-14-18-17-13(20-14)10-6-7-10/h2-5,10-11H,6-7,15H2,1H3,(H,16,18,19). The zero-order chi connectivity index (χ0) is 14.1. The Morgan fingerprint density at radius 3 is 2.70 bits per heavy atom. The van der Waals surface area contributed by atoms with Gasteiger partial charge >= 0.3 is 6.01 Å². The zero-order valence-electron chi connectivity index (χ0n) is 11.2. The van der Waals surface area contributed by atoms with Crippen LogP contribution in [-0.4, -0.2) is 16.1 Å². The Hall–Kier alpha value is -2.21. The van der Waals surface area contributed by atoms with Crippen molar-refractivity contribution in [3.8, 4) is 0 Å². The number of aromatic nitrogens is 2. The Balaban J connectivity index is 1.66. The number of amides is 1. The quantitative estimate of drug-likeness (QED) is 0.886. The van der Waals surface area contributed by atoms with Crippen LogP contribution in [0.15, 0.2) is 28.7 Å². The number of hydrogen-bond donors (Lipinski definition) is 2. The van der Waals surface area contributed by atoms with Crippen LogP contribution < -0.4 is 11.1 Å². The molecule has 0 saturated heterocycles. The van der Waals surface area contributed by atoms with E-state index in [0.29, 0.717) is 11.8 Å². The van der Waals surface area contributed by atoms with Gasteiger partial charge in [-0.2, -0.15) is 0 Å². The van der Waals surface area contributed by atoms with Gasteiger partial charge in [0.05, 0.1) is 0 Å². The molecule has 1 unspecified atom stereocenters. The summed E-state index contributed by atoms with van der Waals surface area (Å²) in [5.41, 5.74) is 7.78. The van der Waals surface area contributed by atoms with Crippen LogP contribution in [0.4, 0.5) is 6.01 Å². The van der Waals surface area contributed by atoms with Gasteiger partial charge in [0.1, 0.15) is 6.04 Å². The van der Waals surface area contributed by atoms with Crippen LogP contribution in [0.5, 0.6) is 0 Å². The Morgan fingerprint density at radius 1 is 1.35 bits per heavy atom. The minimum absolute atomic E-state index is 0.111. The molecular weight excluding hydrogens is 256 g/mol. The summed E-state index contributed by atoms with van der Waals surface area (Å²) < 4.78 is 5.37. The monoisotopic (exact) mass is 272 g/mol. The number of nitrogens with zero attached hydrogens (tertiary/aromatic N) is 2. The molecule has 2 aromatic rings. The van der Waals surface area contributed by atoms with Crippen LogP contribution >= 0.6 is 0 Å². The molecule has 1 aliphatic rings. The van der Waals surface area contributed by atoms with Crippen LogP contribution in [0.25, 0.3) is 0 Å². The number of hydrogen-bond acceptors (Lipinski definition) is 5. The number of aryl methyl sites for hydroxylation is 1. The Bertz CT molecular complexity index is 616. The van der Waals surface area contributed by atoms with Crippen LogP contribution in [-0.2, 0) is 4.79 Å². The number of anilines is 1. The van der Waals surface area contributed by atoms with Crippen molar-refractivity contribution in [3.63, 3.8) is 0 Å². The summed E-state index contributed by atoms with van der Waals surface area (Å²) in [4.78, 5) is 12.0. The molecular formula is C14H16N4O2. The van der Waals surface area contributed by atoms with Crippen LogP contribution in [0.2, 0.25) is 0 Å². The summed E-state index contributed by atoms with van der Waals surface area (Å²) in [6, 6.07) is 6.86. The highest BCUT2D eigenvalue weighted by Crippen LogP contribution is 2.39. The minimum Gasteiger partial charge on any atom is -0.408 e. The van der Waals surface area contributed by atoms with Gasteiger partial charge in [-0.15, -0.1) is 5.10 Å². The van der Waals surface area contributed by atoms with Crippen molar-refractivity contribution in [2.45, 2.75) is 31.7 Å². The number of carbonyl (C=O) groups excluding carboxylic acids is 1. The molecule has 6 nitrogen and oxygen atoms in total. The average molecular weight is 272 g/mol. The second-order valence-corrected chi connectivity index (χ2v) is 5.10. The van der Waals surface area contributed by atoms with Crippen molar-refractivity contribution in [2.24, 2.45) is 5.73 Å². The summed E-state index contributed by atoms with van der Waals surface area (Å²) in [5, 5.41) is 10.3. The molecule has 1 fully saturated rings. The van der Waals surface area contributed by atoms with Crippen LogP contribution in [0, 0.1) is 6.92 Å². The van der Waals surface area contributed by atoms with Gasteiger partial charge in [0.25, 0.3) is 0 Å². The van der Waals surface area contributed by atoms with Gasteiger partial charge in [0.15, 0.2) is 0 Å². The van der Waals surface area contributed by atoms with E-state index in [9.17, 15) is 4.79 Å². The maximum Gasteiger partial charge on any atom is 0.322 e. The SMILES string of the molecule is Cc1ccc(C(N)C(=O)Nc2nnc(C3CC3)o2)cc1. The first kappa shape index (κ1) is 12.8. The molecule has 0 aliphatic heterocycles. The molecule has 0 bridgehead atoms. The fourth-order valence-corrected chi connectivity index (χ4v) is 1.89. The highest BCUT2D eigenvalue weighted by Gasteiger charge is 2.30. The largest absolute Gasteiger partial charge is 0.408 e. The molecule has 1 amide bonds. The summed E-state index contributed by atoms with van der Waals surface area (Å²) >= 11 is 0. The molecule has 6 heteroatoms.